The molecule has 12 heteroatoms. The molecule has 0 aliphatic heterocycles. The fraction of sp³-hybridized carbons (Fsp3) is 0.176. The van der Waals surface area contributed by atoms with Crippen molar-refractivity contribution in [1.29, 1.82) is 0 Å². The lowest BCUT2D eigenvalue weighted by atomic mass is 10.1. The van der Waals surface area contributed by atoms with Crippen LogP contribution < -0.4 is 5.32 Å². The molecular weight excluding hydrogens is 435 g/mol. The van der Waals surface area contributed by atoms with Crippen LogP contribution in [0, 0.1) is 5.82 Å². The molecule has 3 rings (SSSR count). The molecule has 0 aliphatic carbocycles. The Kier molecular flexibility index (Phi) is 5.46. The van der Waals surface area contributed by atoms with Gasteiger partial charge in [0.05, 0.1) is 21.9 Å². The van der Waals surface area contributed by atoms with Gasteiger partial charge in [-0.2, -0.15) is 13.9 Å². The van der Waals surface area contributed by atoms with E-state index in [4.69, 9.17) is 11.6 Å². The topological polar surface area (TPSA) is 101 Å². The molecule has 0 atom stereocenters. The van der Waals surface area contributed by atoms with Crippen molar-refractivity contribution < 1.29 is 31.5 Å². The van der Waals surface area contributed by atoms with E-state index in [9.17, 15) is 31.5 Å². The van der Waals surface area contributed by atoms with Gasteiger partial charge in [0, 0.05) is 29.1 Å². The zero-order valence-electron chi connectivity index (χ0n) is 14.7. The largest absolute Gasteiger partial charge is 0.508 e. The average Bonchev–Trinajstić information content (AvgIpc) is 3.04. The maximum Gasteiger partial charge on any atom is 0.333 e. The lowest BCUT2D eigenvalue weighted by Gasteiger charge is -2.10. The highest BCUT2D eigenvalue weighted by Crippen LogP contribution is 2.30. The van der Waals surface area contributed by atoms with Gasteiger partial charge < -0.3 is 10.4 Å². The number of aromatic nitrogens is 2. The second-order valence-electron chi connectivity index (χ2n) is 6.15. The molecule has 0 unspecified atom stereocenters. The summed E-state index contributed by atoms with van der Waals surface area (Å²) in [6.45, 7) is -2.98. The lowest BCUT2D eigenvalue weighted by Crippen LogP contribution is -2.15. The number of halogens is 4. The van der Waals surface area contributed by atoms with Gasteiger partial charge in [-0.15, -0.1) is 0 Å². The first-order valence-electron chi connectivity index (χ1n) is 7.94. The van der Waals surface area contributed by atoms with Gasteiger partial charge in [0.25, 0.3) is 0 Å². The molecule has 0 bridgehead atoms. The maximum atomic E-state index is 13.5. The van der Waals surface area contributed by atoms with Crippen LogP contribution in [0.4, 0.5) is 18.9 Å². The molecule has 7 nitrogen and oxygen atoms in total. The second-order valence-corrected chi connectivity index (χ2v) is 8.51. The quantitative estimate of drug-likeness (QED) is 0.623. The Labute approximate surface area is 167 Å². The van der Waals surface area contributed by atoms with Crippen LogP contribution in [0.2, 0.25) is 5.02 Å². The van der Waals surface area contributed by atoms with Crippen molar-refractivity contribution in [3.63, 3.8) is 0 Å². The third-order valence-corrected chi connectivity index (χ3v) is 5.54. The summed E-state index contributed by atoms with van der Waals surface area (Å²) in [5.41, 5.74) is -0.264. The van der Waals surface area contributed by atoms with Crippen LogP contribution in [0.5, 0.6) is 5.75 Å². The van der Waals surface area contributed by atoms with Gasteiger partial charge in [-0.05, 0) is 24.3 Å². The van der Waals surface area contributed by atoms with Gasteiger partial charge in [0.1, 0.15) is 11.6 Å². The number of phenols is 1. The summed E-state index contributed by atoms with van der Waals surface area (Å²) in [5.74, 6) is -1.97. The van der Waals surface area contributed by atoms with Crippen molar-refractivity contribution in [2.24, 2.45) is 0 Å². The molecule has 0 radical (unpaired) electrons. The minimum absolute atomic E-state index is 0.0309. The Balaban J connectivity index is 1.98. The summed E-state index contributed by atoms with van der Waals surface area (Å²) in [7, 11) is -3.84. The molecule has 0 saturated heterocycles. The van der Waals surface area contributed by atoms with E-state index >= 15 is 0 Å². The summed E-state index contributed by atoms with van der Waals surface area (Å²) in [4.78, 5) is 12.0. The van der Waals surface area contributed by atoms with E-state index in [1.165, 1.54) is 6.07 Å². The molecule has 0 aliphatic rings. The normalized spacial score (nSPS) is 11.9. The molecule has 1 aromatic heterocycles. The Morgan fingerprint density at radius 3 is 2.66 bits per heavy atom. The fourth-order valence-electron chi connectivity index (χ4n) is 2.71. The molecule has 2 aromatic carbocycles. The molecule has 0 saturated carbocycles. The molecule has 0 fully saturated rings. The third-order valence-electron chi connectivity index (χ3n) is 4.00. The molecule has 3 aromatic rings. The third kappa shape index (κ3) is 4.30. The van der Waals surface area contributed by atoms with Crippen LogP contribution in [0.1, 0.15) is 12.1 Å². The van der Waals surface area contributed by atoms with Crippen LogP contribution in [-0.2, 0) is 21.1 Å². The molecule has 1 heterocycles. The van der Waals surface area contributed by atoms with Gasteiger partial charge in [-0.3, -0.25) is 4.79 Å². The summed E-state index contributed by atoms with van der Waals surface area (Å²) in [6, 6.07) is 4.28. The summed E-state index contributed by atoms with van der Waals surface area (Å²) >= 11 is 5.76. The van der Waals surface area contributed by atoms with Crippen LogP contribution >= 0.6 is 11.6 Å². The number of nitrogens with zero attached hydrogens (tertiary/aromatic N) is 2. The predicted octanol–water partition coefficient (Wildman–Crippen LogP) is 3.51. The van der Waals surface area contributed by atoms with E-state index in [1.54, 1.807) is 0 Å². The molecule has 1 amide bonds. The Morgan fingerprint density at radius 2 is 2.03 bits per heavy atom. The monoisotopic (exact) mass is 447 g/mol. The van der Waals surface area contributed by atoms with Gasteiger partial charge >= 0.3 is 6.55 Å². The van der Waals surface area contributed by atoms with Crippen molar-refractivity contribution in [2.75, 3.05) is 11.6 Å². The van der Waals surface area contributed by atoms with Crippen LogP contribution in [0.3, 0.4) is 0 Å². The first-order valence-corrected chi connectivity index (χ1v) is 10.2. The van der Waals surface area contributed by atoms with E-state index in [2.05, 4.69) is 10.4 Å². The predicted molar refractivity (Wildman–Crippen MR) is 99.5 cm³/mol. The first kappa shape index (κ1) is 20.9. The van der Waals surface area contributed by atoms with Gasteiger partial charge in [-0.25, -0.2) is 17.5 Å². The molecule has 154 valence electrons. The van der Waals surface area contributed by atoms with Crippen molar-refractivity contribution >= 4 is 43.9 Å². The minimum Gasteiger partial charge on any atom is -0.508 e. The number of rotatable bonds is 5. The van der Waals surface area contributed by atoms with E-state index < -0.39 is 45.3 Å². The number of anilines is 1. The average molecular weight is 448 g/mol. The van der Waals surface area contributed by atoms with E-state index in [0.29, 0.717) is 4.68 Å². The van der Waals surface area contributed by atoms with Crippen molar-refractivity contribution in [3.05, 3.63) is 46.9 Å². The smallest absolute Gasteiger partial charge is 0.333 e. The molecule has 29 heavy (non-hydrogen) atoms. The van der Waals surface area contributed by atoms with Crippen molar-refractivity contribution in [2.45, 2.75) is 17.9 Å². The Morgan fingerprint density at radius 1 is 1.34 bits per heavy atom. The summed E-state index contributed by atoms with van der Waals surface area (Å²) < 4.78 is 63.8. The highest BCUT2D eigenvalue weighted by molar-refractivity contribution is 7.91. The fourth-order valence-corrected chi connectivity index (χ4v) is 3.83. The number of carbonyl (C=O) groups is 1. The maximum absolute atomic E-state index is 13.5. The van der Waals surface area contributed by atoms with Gasteiger partial charge in [0.2, 0.25) is 5.91 Å². The molecule has 2 N–H and O–H groups in total. The summed E-state index contributed by atoms with van der Waals surface area (Å²) in [5, 5.41) is 15.3. The van der Waals surface area contributed by atoms with E-state index in [-0.39, 0.29) is 27.0 Å². The highest BCUT2D eigenvalue weighted by Gasteiger charge is 2.20. The number of fused-ring (bicyclic) bond motifs is 1. The number of carbonyl (C=O) groups excluding carboxylic acids is 1. The van der Waals surface area contributed by atoms with E-state index in [0.717, 1.165) is 30.7 Å². The number of alkyl halides is 2. The number of aromatic hydroxyl groups is 1. The number of phenolic OH excluding ortho intramolecular Hbond substituents is 1. The van der Waals surface area contributed by atoms with E-state index in [1.807, 2.05) is 0 Å². The Bertz CT molecular complexity index is 1230. The minimum atomic E-state index is -3.84. The van der Waals surface area contributed by atoms with Crippen molar-refractivity contribution in [3.8, 4) is 5.75 Å². The zero-order valence-corrected chi connectivity index (χ0v) is 16.2. The number of hydrogen-bond acceptors (Lipinski definition) is 5. The summed E-state index contributed by atoms with van der Waals surface area (Å²) in [6.07, 6.45) is 1.27. The number of benzene rings is 2. The highest BCUT2D eigenvalue weighted by atomic mass is 35.5. The molecule has 0 spiro atoms. The second kappa shape index (κ2) is 7.56. The molecular formula is C17H13ClF3N3O4S. The Hall–Kier alpha value is -2.79. The lowest BCUT2D eigenvalue weighted by molar-refractivity contribution is -0.115. The number of sulfone groups is 1. The SMILES string of the molecule is CS(=O)(=O)c1cc(NC(=O)Cc2c(O)ccc(F)c2Cl)cc2nn(C(F)F)cc12. The van der Waals surface area contributed by atoms with Crippen LogP contribution in [0.25, 0.3) is 10.9 Å². The number of amides is 1. The standard InChI is InChI=1S/C17H13ClF3N3O4S/c1-29(27,28)14-5-8(4-12-10(14)7-24(23-12)17(20)21)22-15(26)6-9-13(25)3-2-11(19)16(9)18/h2-5,7,17,25H,6H2,1H3,(H,22,26). The van der Waals surface area contributed by atoms with Gasteiger partial charge in [-0.1, -0.05) is 11.6 Å². The number of nitrogens with one attached hydrogen (secondary N) is 1. The van der Waals surface area contributed by atoms with Crippen LogP contribution in [-0.4, -0.2) is 35.5 Å². The first-order chi connectivity index (χ1) is 13.5. The van der Waals surface area contributed by atoms with Crippen LogP contribution in [0.15, 0.2) is 35.4 Å². The number of hydrogen-bond donors (Lipinski definition) is 2. The zero-order chi connectivity index (χ0) is 21.5. The van der Waals surface area contributed by atoms with Gasteiger partial charge in [0.15, 0.2) is 9.84 Å². The van der Waals surface area contributed by atoms with Crippen molar-refractivity contribution in [1.82, 2.24) is 9.78 Å².